The number of ether oxygens (including phenoxy) is 1. The van der Waals surface area contributed by atoms with Crippen LogP contribution in [-0.2, 0) is 16.0 Å². The topological polar surface area (TPSA) is 75.6 Å². The molecule has 124 valence electrons. The summed E-state index contributed by atoms with van der Waals surface area (Å²) in [7, 11) is 0. The molecule has 1 amide bonds. The highest BCUT2D eigenvalue weighted by molar-refractivity contribution is 5.87. The van der Waals surface area contributed by atoms with Gasteiger partial charge in [-0.3, -0.25) is 4.79 Å². The Hall–Kier alpha value is -1.88. The molecular weight excluding hydrogens is 294 g/mol. The summed E-state index contributed by atoms with van der Waals surface area (Å²) in [5.41, 5.74) is 1.07. The van der Waals surface area contributed by atoms with E-state index in [0.29, 0.717) is 0 Å². The van der Waals surface area contributed by atoms with Gasteiger partial charge < -0.3 is 15.2 Å². The fraction of sp³-hybridized carbons (Fsp3) is 0.556. The normalized spacial score (nSPS) is 22.9. The lowest BCUT2D eigenvalue weighted by molar-refractivity contribution is -0.124. The monoisotopic (exact) mass is 317 g/mol. The van der Waals surface area contributed by atoms with Gasteiger partial charge in [-0.2, -0.15) is 0 Å². The van der Waals surface area contributed by atoms with E-state index < -0.39 is 5.97 Å². The number of carboxylic acids is 1. The number of rotatable bonds is 4. The van der Waals surface area contributed by atoms with Crippen molar-refractivity contribution >= 4 is 11.9 Å². The first-order chi connectivity index (χ1) is 11.1. The highest BCUT2D eigenvalue weighted by Crippen LogP contribution is 2.39. The van der Waals surface area contributed by atoms with Gasteiger partial charge in [-0.05, 0) is 43.4 Å². The molecule has 1 aromatic carbocycles. The van der Waals surface area contributed by atoms with Gasteiger partial charge in [0.15, 0.2) is 0 Å². The summed E-state index contributed by atoms with van der Waals surface area (Å²) < 4.78 is 5.99. The maximum atomic E-state index is 12.2. The highest BCUT2D eigenvalue weighted by Gasteiger charge is 2.40. The van der Waals surface area contributed by atoms with Crippen molar-refractivity contribution in [1.82, 2.24) is 5.32 Å². The van der Waals surface area contributed by atoms with Crippen LogP contribution in [0.4, 0.5) is 0 Å². The van der Waals surface area contributed by atoms with E-state index in [2.05, 4.69) is 5.32 Å². The second kappa shape index (κ2) is 6.71. The van der Waals surface area contributed by atoms with Crippen LogP contribution >= 0.6 is 0 Å². The van der Waals surface area contributed by atoms with Crippen LogP contribution in [0.2, 0.25) is 0 Å². The van der Waals surface area contributed by atoms with Crippen molar-refractivity contribution in [2.75, 3.05) is 6.61 Å². The molecule has 1 aliphatic carbocycles. The Bertz CT molecular complexity index is 575. The van der Waals surface area contributed by atoms with Gasteiger partial charge in [0.05, 0.1) is 17.6 Å². The van der Waals surface area contributed by atoms with Crippen LogP contribution in [0.1, 0.15) is 54.4 Å². The predicted molar refractivity (Wildman–Crippen MR) is 85.4 cm³/mol. The van der Waals surface area contributed by atoms with E-state index in [1.807, 2.05) is 0 Å². The van der Waals surface area contributed by atoms with E-state index in [-0.39, 0.29) is 29.5 Å². The van der Waals surface area contributed by atoms with Crippen molar-refractivity contribution in [3.8, 4) is 0 Å². The predicted octanol–water partition coefficient (Wildman–Crippen LogP) is 2.54. The Kier molecular flexibility index (Phi) is 4.66. The van der Waals surface area contributed by atoms with Crippen molar-refractivity contribution in [2.45, 2.75) is 56.6 Å². The number of nitrogens with one attached hydrogen (secondary N) is 1. The first kappa shape index (κ1) is 16.0. The van der Waals surface area contributed by atoms with Crippen LogP contribution in [0.25, 0.3) is 0 Å². The lowest BCUT2D eigenvalue weighted by atomic mass is 9.89. The molecule has 0 radical (unpaired) electrons. The average Bonchev–Trinajstić information content (AvgIpc) is 2.95. The minimum absolute atomic E-state index is 0.000662. The van der Waals surface area contributed by atoms with E-state index in [4.69, 9.17) is 9.84 Å². The summed E-state index contributed by atoms with van der Waals surface area (Å²) in [5.74, 6) is -0.960. The molecule has 1 aromatic rings. The zero-order chi connectivity index (χ0) is 16.3. The van der Waals surface area contributed by atoms with Crippen LogP contribution in [0, 0.1) is 0 Å². The highest BCUT2D eigenvalue weighted by atomic mass is 16.5. The summed E-state index contributed by atoms with van der Waals surface area (Å²) >= 11 is 0. The molecule has 1 unspecified atom stereocenters. The number of hydrogen-bond acceptors (Lipinski definition) is 3. The van der Waals surface area contributed by atoms with Gasteiger partial charge in [0.2, 0.25) is 5.91 Å². The Morgan fingerprint density at radius 3 is 2.57 bits per heavy atom. The van der Waals surface area contributed by atoms with E-state index in [9.17, 15) is 9.59 Å². The number of carboxylic acid groups (broad SMARTS) is 1. The minimum Gasteiger partial charge on any atom is -0.478 e. The molecule has 1 spiro atoms. The number of benzene rings is 1. The quantitative estimate of drug-likeness (QED) is 0.895. The van der Waals surface area contributed by atoms with E-state index in [0.717, 1.165) is 37.9 Å². The van der Waals surface area contributed by atoms with E-state index in [1.165, 1.54) is 25.0 Å². The first-order valence-corrected chi connectivity index (χ1v) is 8.32. The minimum atomic E-state index is -0.954. The summed E-state index contributed by atoms with van der Waals surface area (Å²) in [4.78, 5) is 23.1. The van der Waals surface area contributed by atoms with E-state index in [1.54, 1.807) is 12.1 Å². The van der Waals surface area contributed by atoms with Crippen LogP contribution in [0.15, 0.2) is 24.3 Å². The fourth-order valence-corrected chi connectivity index (χ4v) is 3.75. The molecular formula is C18H23NO4. The molecule has 0 bridgehead atoms. The number of carbonyl (C=O) groups is 2. The molecule has 0 aromatic heterocycles. The zero-order valence-electron chi connectivity index (χ0n) is 13.2. The van der Waals surface area contributed by atoms with Gasteiger partial charge in [-0.15, -0.1) is 0 Å². The molecule has 2 aliphatic rings. The zero-order valence-corrected chi connectivity index (χ0v) is 13.2. The van der Waals surface area contributed by atoms with Crippen LogP contribution < -0.4 is 5.32 Å². The lowest BCUT2D eigenvalue weighted by Crippen LogP contribution is -2.47. The molecule has 1 saturated heterocycles. The van der Waals surface area contributed by atoms with E-state index >= 15 is 0 Å². The second-order valence-electron chi connectivity index (χ2n) is 6.67. The molecule has 1 atom stereocenters. The average molecular weight is 317 g/mol. The lowest BCUT2D eigenvalue weighted by Gasteiger charge is -2.38. The van der Waals surface area contributed by atoms with Crippen molar-refractivity contribution in [3.63, 3.8) is 0 Å². The molecule has 1 heterocycles. The van der Waals surface area contributed by atoms with Crippen molar-refractivity contribution in [2.24, 2.45) is 0 Å². The van der Waals surface area contributed by atoms with Crippen LogP contribution in [0.3, 0.4) is 0 Å². The van der Waals surface area contributed by atoms with Gasteiger partial charge in [-0.25, -0.2) is 4.79 Å². The van der Waals surface area contributed by atoms with Crippen molar-refractivity contribution in [3.05, 3.63) is 35.4 Å². The number of aromatic carboxylic acids is 1. The molecule has 1 aliphatic heterocycles. The third-order valence-corrected chi connectivity index (χ3v) is 4.94. The molecule has 2 N–H and O–H groups in total. The third-order valence-electron chi connectivity index (χ3n) is 4.94. The Morgan fingerprint density at radius 2 is 1.91 bits per heavy atom. The maximum absolute atomic E-state index is 12.2. The molecule has 5 nitrogen and oxygen atoms in total. The van der Waals surface area contributed by atoms with Crippen molar-refractivity contribution in [1.29, 1.82) is 0 Å². The smallest absolute Gasteiger partial charge is 0.335 e. The number of hydrogen-bond donors (Lipinski definition) is 2. The molecule has 5 heteroatoms. The van der Waals surface area contributed by atoms with Crippen molar-refractivity contribution < 1.29 is 19.4 Å². The Morgan fingerprint density at radius 1 is 1.22 bits per heavy atom. The van der Waals surface area contributed by atoms with Gasteiger partial charge in [-0.1, -0.05) is 25.0 Å². The maximum Gasteiger partial charge on any atom is 0.335 e. The third kappa shape index (κ3) is 3.91. The second-order valence-corrected chi connectivity index (χ2v) is 6.67. The van der Waals surface area contributed by atoms with Crippen LogP contribution in [0.5, 0.6) is 0 Å². The molecule has 2 fully saturated rings. The molecule has 23 heavy (non-hydrogen) atoms. The Balaban J connectivity index is 1.53. The number of amides is 1. The summed E-state index contributed by atoms with van der Waals surface area (Å²) in [6.07, 6.45) is 6.71. The summed E-state index contributed by atoms with van der Waals surface area (Å²) in [5, 5.41) is 12.0. The van der Waals surface area contributed by atoms with Gasteiger partial charge >= 0.3 is 5.97 Å². The molecule has 3 rings (SSSR count). The summed E-state index contributed by atoms with van der Waals surface area (Å²) in [6, 6.07) is 6.66. The Labute approximate surface area is 136 Å². The molecule has 1 saturated carbocycles. The first-order valence-electron chi connectivity index (χ1n) is 8.32. The number of carbonyl (C=O) groups excluding carboxylic acids is 1. The standard InChI is InChI=1S/C18H23NO4/c20-16(11-13-3-5-14(6-4-13)17(21)22)19-15-7-10-23-18(12-15)8-1-2-9-18/h3-6,15H,1-2,7-12H2,(H,19,20)(H,21,22). The van der Waals surface area contributed by atoms with Gasteiger partial charge in [0.1, 0.15) is 0 Å². The fourth-order valence-electron chi connectivity index (χ4n) is 3.75. The summed E-state index contributed by atoms with van der Waals surface area (Å²) in [6.45, 7) is 0.720. The van der Waals surface area contributed by atoms with Gasteiger partial charge in [0.25, 0.3) is 0 Å². The largest absolute Gasteiger partial charge is 0.478 e. The van der Waals surface area contributed by atoms with Gasteiger partial charge in [0, 0.05) is 12.6 Å². The SMILES string of the molecule is O=C(Cc1ccc(C(=O)O)cc1)NC1CCOC2(CCCC2)C1. The van der Waals surface area contributed by atoms with Crippen LogP contribution in [-0.4, -0.2) is 35.2 Å².